The molecule has 1 unspecified atom stereocenters. The fraction of sp³-hybridized carbons (Fsp3) is 1.00. The lowest BCUT2D eigenvalue weighted by molar-refractivity contribution is 0.0816. The predicted molar refractivity (Wildman–Crippen MR) is 58.7 cm³/mol. The molecule has 0 heterocycles. The van der Waals surface area contributed by atoms with E-state index >= 15 is 0 Å². The number of aliphatic hydroxyl groups is 1. The summed E-state index contributed by atoms with van der Waals surface area (Å²) in [5.41, 5.74) is 0.134. The van der Waals surface area contributed by atoms with Crippen molar-refractivity contribution in [1.82, 2.24) is 0 Å². The van der Waals surface area contributed by atoms with Crippen molar-refractivity contribution in [2.75, 3.05) is 6.61 Å². The Hall–Kier alpha value is -0.0400. The Balaban J connectivity index is 3.84. The van der Waals surface area contributed by atoms with Crippen molar-refractivity contribution >= 4 is 0 Å². The molecule has 0 saturated heterocycles. The zero-order valence-electron chi connectivity index (χ0n) is 9.93. The molecule has 0 aromatic carbocycles. The highest BCUT2D eigenvalue weighted by atomic mass is 16.3. The molecular weight excluding hydrogens is 160 g/mol. The van der Waals surface area contributed by atoms with Crippen molar-refractivity contribution in [3.05, 3.63) is 0 Å². The van der Waals surface area contributed by atoms with Crippen LogP contribution < -0.4 is 0 Å². The van der Waals surface area contributed by atoms with Crippen molar-refractivity contribution in [2.24, 2.45) is 17.3 Å². The third-order valence-electron chi connectivity index (χ3n) is 3.28. The summed E-state index contributed by atoms with van der Waals surface area (Å²) in [7, 11) is 0. The van der Waals surface area contributed by atoms with Gasteiger partial charge in [0.1, 0.15) is 0 Å². The van der Waals surface area contributed by atoms with Crippen molar-refractivity contribution in [2.45, 2.75) is 53.9 Å². The van der Waals surface area contributed by atoms with E-state index in [2.05, 4.69) is 34.6 Å². The molecular formula is C12H26O. The van der Waals surface area contributed by atoms with E-state index in [0.29, 0.717) is 12.5 Å². The molecule has 0 radical (unpaired) electrons. The van der Waals surface area contributed by atoms with Crippen LogP contribution in [0.3, 0.4) is 0 Å². The van der Waals surface area contributed by atoms with Crippen LogP contribution in [0, 0.1) is 17.3 Å². The molecule has 0 rings (SSSR count). The van der Waals surface area contributed by atoms with E-state index in [4.69, 9.17) is 0 Å². The first-order chi connectivity index (χ1) is 5.92. The van der Waals surface area contributed by atoms with Crippen LogP contribution in [0.2, 0.25) is 0 Å². The van der Waals surface area contributed by atoms with Crippen LogP contribution in [0.5, 0.6) is 0 Å². The second-order valence-corrected chi connectivity index (χ2v) is 5.25. The summed E-state index contributed by atoms with van der Waals surface area (Å²) >= 11 is 0. The molecule has 0 amide bonds. The Bertz CT molecular complexity index is 129. The Morgan fingerprint density at radius 3 is 2.00 bits per heavy atom. The van der Waals surface area contributed by atoms with Crippen molar-refractivity contribution in [3.8, 4) is 0 Å². The van der Waals surface area contributed by atoms with Gasteiger partial charge in [-0.05, 0) is 23.7 Å². The standard InChI is InChI=1S/C12H26O/c1-10(2)7-6-8-12(5,9-13)11(3)4/h10-11,13H,6-9H2,1-5H3. The van der Waals surface area contributed by atoms with Crippen LogP contribution in [-0.2, 0) is 0 Å². The van der Waals surface area contributed by atoms with Gasteiger partial charge >= 0.3 is 0 Å². The number of aliphatic hydroxyl groups excluding tert-OH is 1. The van der Waals surface area contributed by atoms with Crippen molar-refractivity contribution in [1.29, 1.82) is 0 Å². The summed E-state index contributed by atoms with van der Waals surface area (Å²) in [6.45, 7) is 11.4. The number of hydrogen-bond acceptors (Lipinski definition) is 1. The molecule has 1 N–H and O–H groups in total. The molecule has 0 aromatic heterocycles. The maximum atomic E-state index is 9.32. The highest BCUT2D eigenvalue weighted by Gasteiger charge is 2.26. The third kappa shape index (κ3) is 4.66. The second kappa shape index (κ2) is 5.64. The molecule has 1 heteroatoms. The summed E-state index contributed by atoms with van der Waals surface area (Å²) in [5.74, 6) is 1.36. The van der Waals surface area contributed by atoms with Crippen molar-refractivity contribution in [3.63, 3.8) is 0 Å². The fourth-order valence-electron chi connectivity index (χ4n) is 1.46. The monoisotopic (exact) mass is 186 g/mol. The molecule has 13 heavy (non-hydrogen) atoms. The summed E-state index contributed by atoms with van der Waals surface area (Å²) in [4.78, 5) is 0. The topological polar surface area (TPSA) is 20.2 Å². The number of rotatable bonds is 6. The van der Waals surface area contributed by atoms with E-state index in [-0.39, 0.29) is 5.41 Å². The Kier molecular flexibility index (Phi) is 5.62. The van der Waals surface area contributed by atoms with Gasteiger partial charge in [0.25, 0.3) is 0 Å². The molecule has 0 aromatic rings. The van der Waals surface area contributed by atoms with Crippen LogP contribution in [0.4, 0.5) is 0 Å². The lowest BCUT2D eigenvalue weighted by Gasteiger charge is -2.32. The van der Waals surface area contributed by atoms with Gasteiger partial charge in [-0.25, -0.2) is 0 Å². The van der Waals surface area contributed by atoms with Gasteiger partial charge in [-0.2, -0.15) is 0 Å². The SMILES string of the molecule is CC(C)CCCC(C)(CO)C(C)C. The van der Waals surface area contributed by atoms with Gasteiger partial charge in [0.05, 0.1) is 0 Å². The maximum Gasteiger partial charge on any atom is 0.0487 e. The lowest BCUT2D eigenvalue weighted by Crippen LogP contribution is -2.27. The highest BCUT2D eigenvalue weighted by molar-refractivity contribution is 4.76. The van der Waals surface area contributed by atoms with Gasteiger partial charge in [-0.15, -0.1) is 0 Å². The average molecular weight is 186 g/mol. The summed E-state index contributed by atoms with van der Waals surface area (Å²) < 4.78 is 0. The zero-order valence-corrected chi connectivity index (χ0v) is 9.93. The summed E-state index contributed by atoms with van der Waals surface area (Å²) in [5, 5.41) is 9.32. The smallest absolute Gasteiger partial charge is 0.0487 e. The minimum absolute atomic E-state index is 0.134. The van der Waals surface area contributed by atoms with E-state index in [1.807, 2.05) is 0 Å². The maximum absolute atomic E-state index is 9.32. The molecule has 0 bridgehead atoms. The van der Waals surface area contributed by atoms with E-state index < -0.39 is 0 Å². The van der Waals surface area contributed by atoms with Gasteiger partial charge in [0.2, 0.25) is 0 Å². The van der Waals surface area contributed by atoms with Gasteiger partial charge in [-0.3, -0.25) is 0 Å². The molecule has 0 aliphatic rings. The Morgan fingerprint density at radius 1 is 1.15 bits per heavy atom. The largest absolute Gasteiger partial charge is 0.396 e. The van der Waals surface area contributed by atoms with Crippen LogP contribution >= 0.6 is 0 Å². The molecule has 0 spiro atoms. The predicted octanol–water partition coefficient (Wildman–Crippen LogP) is 3.47. The molecule has 0 aliphatic carbocycles. The van der Waals surface area contributed by atoms with Crippen LogP contribution in [0.25, 0.3) is 0 Å². The first kappa shape index (κ1) is 13.0. The van der Waals surface area contributed by atoms with E-state index in [1.165, 1.54) is 12.8 Å². The van der Waals surface area contributed by atoms with Gasteiger partial charge in [-0.1, -0.05) is 47.5 Å². The minimum Gasteiger partial charge on any atom is -0.396 e. The Morgan fingerprint density at radius 2 is 1.69 bits per heavy atom. The van der Waals surface area contributed by atoms with Crippen LogP contribution in [0.15, 0.2) is 0 Å². The van der Waals surface area contributed by atoms with Crippen molar-refractivity contribution < 1.29 is 5.11 Å². The van der Waals surface area contributed by atoms with Gasteiger partial charge < -0.3 is 5.11 Å². The molecule has 80 valence electrons. The zero-order chi connectivity index (χ0) is 10.5. The molecule has 1 atom stereocenters. The molecule has 1 nitrogen and oxygen atoms in total. The van der Waals surface area contributed by atoms with E-state index in [9.17, 15) is 5.11 Å². The Labute approximate surface area is 83.5 Å². The first-order valence-corrected chi connectivity index (χ1v) is 5.53. The van der Waals surface area contributed by atoms with Gasteiger partial charge in [0.15, 0.2) is 0 Å². The quantitative estimate of drug-likeness (QED) is 0.673. The van der Waals surface area contributed by atoms with Crippen LogP contribution in [0.1, 0.15) is 53.9 Å². The fourth-order valence-corrected chi connectivity index (χ4v) is 1.46. The van der Waals surface area contributed by atoms with Crippen LogP contribution in [-0.4, -0.2) is 11.7 Å². The molecule has 0 fully saturated rings. The highest BCUT2D eigenvalue weighted by Crippen LogP contribution is 2.32. The minimum atomic E-state index is 0.134. The van der Waals surface area contributed by atoms with E-state index in [1.54, 1.807) is 0 Å². The lowest BCUT2D eigenvalue weighted by atomic mass is 9.75. The number of hydrogen-bond donors (Lipinski definition) is 1. The normalized spacial score (nSPS) is 16.6. The average Bonchev–Trinajstić information content (AvgIpc) is 2.03. The first-order valence-electron chi connectivity index (χ1n) is 5.53. The molecule has 0 aliphatic heterocycles. The van der Waals surface area contributed by atoms with E-state index in [0.717, 1.165) is 12.3 Å². The molecule has 0 saturated carbocycles. The third-order valence-corrected chi connectivity index (χ3v) is 3.28. The van der Waals surface area contributed by atoms with Gasteiger partial charge in [0, 0.05) is 6.61 Å². The second-order valence-electron chi connectivity index (χ2n) is 5.25. The summed E-state index contributed by atoms with van der Waals surface area (Å²) in [6.07, 6.45) is 3.68. The summed E-state index contributed by atoms with van der Waals surface area (Å²) in [6, 6.07) is 0.